The Hall–Kier alpha value is -2.20. The molecule has 1 aromatic heterocycles. The van der Waals surface area contributed by atoms with E-state index in [2.05, 4.69) is 5.32 Å². The number of hydrogen-bond donors (Lipinski definition) is 1. The molecule has 1 N–H and O–H groups in total. The van der Waals surface area contributed by atoms with Gasteiger partial charge in [-0.25, -0.2) is 0 Å². The molecular formula is C14H11NO2S. The van der Waals surface area contributed by atoms with Crippen LogP contribution in [0.3, 0.4) is 0 Å². The second kappa shape index (κ2) is 5.93. The van der Waals surface area contributed by atoms with Gasteiger partial charge in [0.2, 0.25) is 5.78 Å². The number of thiophene rings is 1. The molecule has 2 rings (SSSR count). The lowest BCUT2D eigenvalue weighted by Gasteiger charge is -1.97. The lowest BCUT2D eigenvalue weighted by atomic mass is 10.2. The summed E-state index contributed by atoms with van der Waals surface area (Å²) in [5, 5.41) is 5.04. The van der Waals surface area contributed by atoms with Gasteiger partial charge in [-0.1, -0.05) is 36.4 Å². The van der Waals surface area contributed by atoms with Crippen molar-refractivity contribution in [2.75, 3.05) is 5.32 Å². The number of carbonyl (C=O) groups excluding carboxylic acids is 2. The number of carbonyl (C=O) groups is 2. The summed E-state index contributed by atoms with van der Waals surface area (Å²) < 4.78 is 0. The van der Waals surface area contributed by atoms with Crippen molar-refractivity contribution in [3.05, 3.63) is 59.5 Å². The van der Waals surface area contributed by atoms with Gasteiger partial charge in [0.1, 0.15) is 0 Å². The van der Waals surface area contributed by atoms with Crippen LogP contribution in [0.4, 0.5) is 5.00 Å². The predicted molar refractivity (Wildman–Crippen MR) is 73.4 cm³/mol. The molecule has 0 atom stereocenters. The van der Waals surface area contributed by atoms with Crippen LogP contribution in [0.1, 0.15) is 5.56 Å². The van der Waals surface area contributed by atoms with E-state index in [-0.39, 0.29) is 0 Å². The molecule has 0 fully saturated rings. The zero-order chi connectivity index (χ0) is 12.8. The Morgan fingerprint density at radius 2 is 1.83 bits per heavy atom. The van der Waals surface area contributed by atoms with Crippen LogP contribution in [-0.4, -0.2) is 11.7 Å². The number of rotatable bonds is 4. The summed E-state index contributed by atoms with van der Waals surface area (Å²) in [6.45, 7) is 0. The van der Waals surface area contributed by atoms with E-state index in [1.807, 2.05) is 41.8 Å². The Labute approximate surface area is 109 Å². The van der Waals surface area contributed by atoms with Gasteiger partial charge in [-0.2, -0.15) is 0 Å². The van der Waals surface area contributed by atoms with Crippen molar-refractivity contribution in [3.63, 3.8) is 0 Å². The minimum Gasteiger partial charge on any atom is -0.311 e. The van der Waals surface area contributed by atoms with Gasteiger partial charge in [-0.3, -0.25) is 9.59 Å². The molecule has 0 radical (unpaired) electrons. The average Bonchev–Trinajstić information content (AvgIpc) is 2.90. The second-order valence-corrected chi connectivity index (χ2v) is 4.49. The Bertz CT molecular complexity index is 559. The van der Waals surface area contributed by atoms with E-state index in [0.717, 1.165) is 5.56 Å². The molecule has 18 heavy (non-hydrogen) atoms. The van der Waals surface area contributed by atoms with Crippen LogP contribution in [0, 0.1) is 0 Å². The maximum Gasteiger partial charge on any atom is 0.296 e. The molecular weight excluding hydrogens is 246 g/mol. The molecule has 4 heteroatoms. The fourth-order valence-electron chi connectivity index (χ4n) is 1.33. The molecule has 1 aromatic carbocycles. The lowest BCUT2D eigenvalue weighted by molar-refractivity contribution is -0.131. The van der Waals surface area contributed by atoms with Crippen molar-refractivity contribution >= 4 is 34.1 Å². The zero-order valence-corrected chi connectivity index (χ0v) is 10.3. The molecule has 0 saturated carbocycles. The monoisotopic (exact) mass is 257 g/mol. The Balaban J connectivity index is 1.96. The molecule has 0 bridgehead atoms. The van der Waals surface area contributed by atoms with Crippen LogP contribution < -0.4 is 5.32 Å². The third-order valence-electron chi connectivity index (χ3n) is 2.21. The van der Waals surface area contributed by atoms with Gasteiger partial charge < -0.3 is 5.32 Å². The molecule has 1 amide bonds. The standard InChI is InChI=1S/C14H11NO2S/c16-12(9-8-11-5-2-1-3-6-11)14(17)15-13-7-4-10-18-13/h1-10H,(H,15,17)/b9-8+. The van der Waals surface area contributed by atoms with Crippen molar-refractivity contribution in [2.45, 2.75) is 0 Å². The number of amides is 1. The van der Waals surface area contributed by atoms with Gasteiger partial charge in [0.25, 0.3) is 5.91 Å². The van der Waals surface area contributed by atoms with E-state index < -0.39 is 11.7 Å². The first kappa shape index (κ1) is 12.3. The van der Waals surface area contributed by atoms with Gasteiger partial charge in [0.05, 0.1) is 5.00 Å². The number of benzene rings is 1. The molecule has 2 aromatic rings. The van der Waals surface area contributed by atoms with E-state index in [9.17, 15) is 9.59 Å². The Kier molecular flexibility index (Phi) is 4.04. The van der Waals surface area contributed by atoms with Gasteiger partial charge in [-0.15, -0.1) is 11.3 Å². The molecule has 0 spiro atoms. The van der Waals surface area contributed by atoms with Gasteiger partial charge >= 0.3 is 0 Å². The molecule has 1 heterocycles. The summed E-state index contributed by atoms with van der Waals surface area (Å²) in [6, 6.07) is 12.9. The summed E-state index contributed by atoms with van der Waals surface area (Å²) in [5.74, 6) is -1.18. The van der Waals surface area contributed by atoms with Crippen molar-refractivity contribution in [2.24, 2.45) is 0 Å². The molecule has 3 nitrogen and oxygen atoms in total. The molecule has 0 aliphatic rings. The molecule has 0 saturated heterocycles. The highest BCUT2D eigenvalue weighted by Crippen LogP contribution is 2.14. The predicted octanol–water partition coefficient (Wildman–Crippen LogP) is 2.97. The maximum atomic E-state index is 11.5. The third-order valence-corrected chi connectivity index (χ3v) is 2.99. The number of hydrogen-bond acceptors (Lipinski definition) is 3. The zero-order valence-electron chi connectivity index (χ0n) is 9.50. The van der Waals surface area contributed by atoms with Crippen LogP contribution in [0.15, 0.2) is 53.9 Å². The topological polar surface area (TPSA) is 46.2 Å². The van der Waals surface area contributed by atoms with E-state index >= 15 is 0 Å². The largest absolute Gasteiger partial charge is 0.311 e. The van der Waals surface area contributed by atoms with Crippen LogP contribution >= 0.6 is 11.3 Å². The Morgan fingerprint density at radius 3 is 2.50 bits per heavy atom. The van der Waals surface area contributed by atoms with Crippen LogP contribution in [0.25, 0.3) is 6.08 Å². The second-order valence-electron chi connectivity index (χ2n) is 3.54. The number of ketones is 1. The molecule has 0 unspecified atom stereocenters. The summed E-state index contributed by atoms with van der Waals surface area (Å²) >= 11 is 1.37. The van der Waals surface area contributed by atoms with Gasteiger partial charge in [-0.05, 0) is 29.2 Å². The molecule has 90 valence electrons. The fraction of sp³-hybridized carbons (Fsp3) is 0. The summed E-state index contributed by atoms with van der Waals surface area (Å²) in [5.41, 5.74) is 0.884. The average molecular weight is 257 g/mol. The van der Waals surface area contributed by atoms with Crippen molar-refractivity contribution in [3.8, 4) is 0 Å². The van der Waals surface area contributed by atoms with E-state index in [1.54, 1.807) is 12.1 Å². The lowest BCUT2D eigenvalue weighted by Crippen LogP contribution is -2.19. The summed E-state index contributed by atoms with van der Waals surface area (Å²) in [4.78, 5) is 23.1. The summed E-state index contributed by atoms with van der Waals surface area (Å²) in [7, 11) is 0. The van der Waals surface area contributed by atoms with Crippen molar-refractivity contribution in [1.29, 1.82) is 0 Å². The van der Waals surface area contributed by atoms with Crippen molar-refractivity contribution < 1.29 is 9.59 Å². The maximum absolute atomic E-state index is 11.5. The fourth-order valence-corrected chi connectivity index (χ4v) is 1.95. The van der Waals surface area contributed by atoms with Crippen LogP contribution in [-0.2, 0) is 9.59 Å². The van der Waals surface area contributed by atoms with Gasteiger partial charge in [0.15, 0.2) is 0 Å². The third kappa shape index (κ3) is 3.40. The first-order valence-corrected chi connectivity index (χ1v) is 6.25. The van der Waals surface area contributed by atoms with Crippen molar-refractivity contribution in [1.82, 2.24) is 0 Å². The Morgan fingerprint density at radius 1 is 1.06 bits per heavy atom. The highest BCUT2D eigenvalue weighted by Gasteiger charge is 2.10. The minimum absolute atomic E-state index is 0.563. The molecule has 0 aliphatic carbocycles. The normalized spacial score (nSPS) is 10.4. The highest BCUT2D eigenvalue weighted by atomic mass is 32.1. The van der Waals surface area contributed by atoms with Crippen LogP contribution in [0.2, 0.25) is 0 Å². The smallest absolute Gasteiger partial charge is 0.296 e. The van der Waals surface area contributed by atoms with E-state index in [4.69, 9.17) is 0 Å². The van der Waals surface area contributed by atoms with E-state index in [1.165, 1.54) is 17.4 Å². The number of anilines is 1. The van der Waals surface area contributed by atoms with Crippen LogP contribution in [0.5, 0.6) is 0 Å². The first-order chi connectivity index (χ1) is 8.75. The quantitative estimate of drug-likeness (QED) is 0.676. The minimum atomic E-state index is -0.621. The SMILES string of the molecule is O=C(/C=C/c1ccccc1)C(=O)Nc1cccs1. The summed E-state index contributed by atoms with van der Waals surface area (Å²) in [6.07, 6.45) is 2.90. The highest BCUT2D eigenvalue weighted by molar-refractivity contribution is 7.14. The van der Waals surface area contributed by atoms with E-state index in [0.29, 0.717) is 5.00 Å². The number of nitrogens with one attached hydrogen (secondary N) is 1. The van der Waals surface area contributed by atoms with Gasteiger partial charge in [0, 0.05) is 0 Å². The molecule has 0 aliphatic heterocycles. The first-order valence-electron chi connectivity index (χ1n) is 5.37.